The summed E-state index contributed by atoms with van der Waals surface area (Å²) in [6.45, 7) is 2.82. The maximum absolute atomic E-state index is 11.5. The van der Waals surface area contributed by atoms with Gasteiger partial charge in [0.1, 0.15) is 6.54 Å². The molecule has 1 heterocycles. The van der Waals surface area contributed by atoms with Gasteiger partial charge in [-0.25, -0.2) is 0 Å². The Labute approximate surface area is 83.1 Å². The molecule has 0 saturated carbocycles. The number of hydrogen-bond donors (Lipinski definition) is 0. The van der Waals surface area contributed by atoms with Crippen LogP contribution in [0.2, 0.25) is 0 Å². The Morgan fingerprint density at radius 3 is 2.93 bits per heavy atom. The molecule has 0 N–H and O–H groups in total. The van der Waals surface area contributed by atoms with Gasteiger partial charge in [0.05, 0.1) is 5.69 Å². The third-order valence-corrected chi connectivity index (χ3v) is 2.19. The lowest BCUT2D eigenvalue weighted by molar-refractivity contribution is -0.130. The van der Waals surface area contributed by atoms with Gasteiger partial charge in [-0.15, -0.1) is 0 Å². The zero-order chi connectivity index (χ0) is 10.6. The molecule has 0 fully saturated rings. The van der Waals surface area contributed by atoms with Crippen molar-refractivity contribution >= 4 is 12.2 Å². The topological polar surface area (TPSA) is 42.3 Å². The number of nitrogens with zero attached hydrogens (tertiary/aromatic N) is 2. The molecule has 1 aromatic rings. The van der Waals surface area contributed by atoms with Crippen LogP contribution in [0.15, 0.2) is 18.3 Å². The normalized spacial score (nSPS) is 9.86. The maximum atomic E-state index is 11.5. The van der Waals surface area contributed by atoms with Crippen LogP contribution < -0.4 is 0 Å². The monoisotopic (exact) mass is 194 g/mol. The number of carbonyl (C=O) groups is 2. The summed E-state index contributed by atoms with van der Waals surface area (Å²) < 4.78 is 1.64. The smallest absolute Gasteiger partial charge is 0.242 e. The van der Waals surface area contributed by atoms with E-state index in [1.807, 2.05) is 6.92 Å². The lowest BCUT2D eigenvalue weighted by atomic mass is 10.4. The number of hydrogen-bond acceptors (Lipinski definition) is 2. The minimum absolute atomic E-state index is 0.00630. The number of aldehydes is 1. The van der Waals surface area contributed by atoms with Gasteiger partial charge < -0.3 is 9.47 Å². The molecule has 14 heavy (non-hydrogen) atoms. The molecule has 1 aromatic heterocycles. The van der Waals surface area contributed by atoms with Gasteiger partial charge in [-0.05, 0) is 19.1 Å². The maximum Gasteiger partial charge on any atom is 0.242 e. The number of aromatic nitrogens is 1. The Hall–Kier alpha value is -1.58. The van der Waals surface area contributed by atoms with Crippen LogP contribution in [0.4, 0.5) is 0 Å². The molecular weight excluding hydrogens is 180 g/mol. The summed E-state index contributed by atoms with van der Waals surface area (Å²) in [7, 11) is 1.74. The van der Waals surface area contributed by atoms with E-state index in [2.05, 4.69) is 0 Å². The zero-order valence-corrected chi connectivity index (χ0v) is 8.43. The van der Waals surface area contributed by atoms with Crippen molar-refractivity contribution in [1.82, 2.24) is 9.47 Å². The predicted molar refractivity (Wildman–Crippen MR) is 53.1 cm³/mol. The number of rotatable bonds is 4. The third kappa shape index (κ3) is 2.22. The van der Waals surface area contributed by atoms with Gasteiger partial charge in [0, 0.05) is 19.8 Å². The molecule has 0 aliphatic rings. The van der Waals surface area contributed by atoms with Crippen molar-refractivity contribution in [1.29, 1.82) is 0 Å². The van der Waals surface area contributed by atoms with Crippen LogP contribution in [0.25, 0.3) is 0 Å². The van der Waals surface area contributed by atoms with E-state index in [-0.39, 0.29) is 12.5 Å². The second kappa shape index (κ2) is 4.60. The average molecular weight is 194 g/mol. The van der Waals surface area contributed by atoms with Gasteiger partial charge in [-0.3, -0.25) is 9.59 Å². The van der Waals surface area contributed by atoms with Crippen LogP contribution in [0.1, 0.15) is 17.4 Å². The van der Waals surface area contributed by atoms with Crippen LogP contribution in [-0.2, 0) is 11.3 Å². The number of carbonyl (C=O) groups excluding carboxylic acids is 2. The van der Waals surface area contributed by atoms with Crippen LogP contribution in [0.3, 0.4) is 0 Å². The second-order valence-corrected chi connectivity index (χ2v) is 3.09. The first-order valence-electron chi connectivity index (χ1n) is 4.53. The molecule has 0 unspecified atom stereocenters. The predicted octanol–water partition coefficient (Wildman–Crippen LogP) is 0.779. The van der Waals surface area contributed by atoms with Crippen LogP contribution >= 0.6 is 0 Å². The van der Waals surface area contributed by atoms with E-state index < -0.39 is 0 Å². The minimum atomic E-state index is 0.00630. The summed E-state index contributed by atoms with van der Waals surface area (Å²) in [6, 6.07) is 3.44. The Kier molecular flexibility index (Phi) is 3.45. The molecule has 4 heteroatoms. The highest BCUT2D eigenvalue weighted by molar-refractivity contribution is 5.78. The Bertz CT molecular complexity index is 331. The zero-order valence-electron chi connectivity index (χ0n) is 8.43. The fourth-order valence-corrected chi connectivity index (χ4v) is 1.12. The molecule has 0 bridgehead atoms. The highest BCUT2D eigenvalue weighted by Gasteiger charge is 2.08. The van der Waals surface area contributed by atoms with Crippen molar-refractivity contribution in [2.75, 3.05) is 13.6 Å². The molecule has 0 aliphatic heterocycles. The van der Waals surface area contributed by atoms with Gasteiger partial charge in [-0.1, -0.05) is 0 Å². The molecule has 0 aromatic carbocycles. The third-order valence-electron chi connectivity index (χ3n) is 2.19. The Balaban J connectivity index is 2.69. The molecule has 76 valence electrons. The van der Waals surface area contributed by atoms with Gasteiger partial charge in [0.15, 0.2) is 6.29 Å². The van der Waals surface area contributed by atoms with Crippen molar-refractivity contribution < 1.29 is 9.59 Å². The van der Waals surface area contributed by atoms with E-state index in [0.29, 0.717) is 12.2 Å². The molecule has 4 nitrogen and oxygen atoms in total. The van der Waals surface area contributed by atoms with Gasteiger partial charge in [-0.2, -0.15) is 0 Å². The first-order valence-corrected chi connectivity index (χ1v) is 4.53. The van der Waals surface area contributed by atoms with Gasteiger partial charge >= 0.3 is 0 Å². The SMILES string of the molecule is CCN(C)C(=O)Cn1cccc1C=O. The fourth-order valence-electron chi connectivity index (χ4n) is 1.12. The summed E-state index contributed by atoms with van der Waals surface area (Å²) in [5.41, 5.74) is 0.530. The highest BCUT2D eigenvalue weighted by atomic mass is 16.2. The lowest BCUT2D eigenvalue weighted by Gasteiger charge is -2.15. The molecule has 0 atom stereocenters. The van der Waals surface area contributed by atoms with Crippen LogP contribution in [0.5, 0.6) is 0 Å². The largest absolute Gasteiger partial charge is 0.344 e. The molecule has 1 amide bonds. The van der Waals surface area contributed by atoms with E-state index in [0.717, 1.165) is 6.29 Å². The van der Waals surface area contributed by atoms with E-state index in [4.69, 9.17) is 0 Å². The summed E-state index contributed by atoms with van der Waals surface area (Å²) in [4.78, 5) is 23.7. The van der Waals surface area contributed by atoms with E-state index in [1.165, 1.54) is 0 Å². The van der Waals surface area contributed by atoms with Crippen molar-refractivity contribution in [3.63, 3.8) is 0 Å². The summed E-state index contributed by atoms with van der Waals surface area (Å²) in [5, 5.41) is 0. The number of likely N-dealkylation sites (N-methyl/N-ethyl adjacent to an activating group) is 1. The number of amides is 1. The van der Waals surface area contributed by atoms with Crippen LogP contribution in [0, 0.1) is 0 Å². The molecular formula is C10H14N2O2. The molecule has 0 spiro atoms. The Morgan fingerprint density at radius 1 is 1.64 bits per heavy atom. The summed E-state index contributed by atoms with van der Waals surface area (Å²) >= 11 is 0. The highest BCUT2D eigenvalue weighted by Crippen LogP contribution is 2.00. The summed E-state index contributed by atoms with van der Waals surface area (Å²) in [6.07, 6.45) is 2.48. The van der Waals surface area contributed by atoms with E-state index >= 15 is 0 Å². The van der Waals surface area contributed by atoms with Crippen LogP contribution in [-0.4, -0.2) is 35.3 Å². The second-order valence-electron chi connectivity index (χ2n) is 3.09. The summed E-state index contributed by atoms with van der Waals surface area (Å²) in [5.74, 6) is 0.00630. The molecule has 1 rings (SSSR count). The van der Waals surface area contributed by atoms with Crippen molar-refractivity contribution in [2.45, 2.75) is 13.5 Å². The molecule has 0 saturated heterocycles. The van der Waals surface area contributed by atoms with E-state index in [9.17, 15) is 9.59 Å². The Morgan fingerprint density at radius 2 is 2.36 bits per heavy atom. The quantitative estimate of drug-likeness (QED) is 0.665. The molecule has 0 radical (unpaired) electrons. The standard InChI is InChI=1S/C10H14N2O2/c1-3-11(2)10(14)7-12-6-4-5-9(12)8-13/h4-6,8H,3,7H2,1-2H3. The minimum Gasteiger partial charge on any atom is -0.344 e. The van der Waals surface area contributed by atoms with Crippen molar-refractivity contribution in [3.05, 3.63) is 24.0 Å². The lowest BCUT2D eigenvalue weighted by Crippen LogP contribution is -2.30. The fraction of sp³-hybridized carbons (Fsp3) is 0.400. The van der Waals surface area contributed by atoms with Crippen molar-refractivity contribution in [2.24, 2.45) is 0 Å². The first kappa shape index (κ1) is 10.5. The first-order chi connectivity index (χ1) is 6.69. The average Bonchev–Trinajstić information content (AvgIpc) is 2.63. The van der Waals surface area contributed by atoms with Crippen molar-refractivity contribution in [3.8, 4) is 0 Å². The van der Waals surface area contributed by atoms with E-state index in [1.54, 1.807) is 34.8 Å². The van der Waals surface area contributed by atoms with Gasteiger partial charge in [0.25, 0.3) is 0 Å². The van der Waals surface area contributed by atoms with Gasteiger partial charge in [0.2, 0.25) is 5.91 Å². The molecule has 0 aliphatic carbocycles.